The van der Waals surface area contributed by atoms with Crippen molar-refractivity contribution < 1.29 is 4.79 Å². The molecule has 0 unspecified atom stereocenters. The van der Waals surface area contributed by atoms with Gasteiger partial charge in [0.05, 0.1) is 11.4 Å². The molecule has 6 nitrogen and oxygen atoms in total. The summed E-state index contributed by atoms with van der Waals surface area (Å²) in [4.78, 5) is 16.6. The minimum absolute atomic E-state index is 0.0904. The molecule has 1 amide bonds. The van der Waals surface area contributed by atoms with E-state index in [1.54, 1.807) is 6.20 Å². The highest BCUT2D eigenvalue weighted by Crippen LogP contribution is 2.24. The lowest BCUT2D eigenvalue weighted by atomic mass is 10.3. The summed E-state index contributed by atoms with van der Waals surface area (Å²) in [7, 11) is 0. The fourth-order valence-electron chi connectivity index (χ4n) is 2.38. The van der Waals surface area contributed by atoms with Crippen molar-refractivity contribution in [1.82, 2.24) is 19.7 Å². The predicted octanol–water partition coefficient (Wildman–Crippen LogP) is 4.24. The van der Waals surface area contributed by atoms with E-state index < -0.39 is 0 Å². The Morgan fingerprint density at radius 1 is 1.19 bits per heavy atom. The lowest BCUT2D eigenvalue weighted by Gasteiger charge is -2.09. The summed E-state index contributed by atoms with van der Waals surface area (Å²) < 4.78 is 2.86. The van der Waals surface area contributed by atoms with Crippen LogP contribution in [0.1, 0.15) is 13.3 Å². The average molecular weight is 432 g/mol. The second kappa shape index (κ2) is 8.95. The van der Waals surface area contributed by atoms with Gasteiger partial charge in [-0.2, -0.15) is 0 Å². The Morgan fingerprint density at radius 3 is 2.73 bits per heavy atom. The summed E-state index contributed by atoms with van der Waals surface area (Å²) in [5.74, 6) is 0.888. The standard InChI is InChI=1S/C18H18BrN5OS/c1-2-11-24-17(15-9-5-6-10-20-15)22-23-18(24)26-12-16(25)21-14-8-4-3-7-13(14)19/h3-10H,2,11-12H2,1H3,(H,21,25). The normalized spacial score (nSPS) is 10.7. The number of halogens is 1. The number of nitrogens with one attached hydrogen (secondary N) is 1. The fraction of sp³-hybridized carbons (Fsp3) is 0.222. The second-order valence-corrected chi connectivity index (χ2v) is 7.29. The number of carbonyl (C=O) groups excluding carboxylic acids is 1. The van der Waals surface area contributed by atoms with Crippen molar-refractivity contribution in [2.24, 2.45) is 0 Å². The minimum Gasteiger partial charge on any atom is -0.324 e. The molecule has 0 spiro atoms. The third kappa shape index (κ3) is 4.50. The van der Waals surface area contributed by atoms with Crippen LogP contribution in [0.5, 0.6) is 0 Å². The van der Waals surface area contributed by atoms with Gasteiger partial charge < -0.3 is 9.88 Å². The number of aromatic nitrogens is 4. The zero-order valence-corrected chi connectivity index (χ0v) is 16.6. The number of amides is 1. The van der Waals surface area contributed by atoms with Crippen LogP contribution in [-0.2, 0) is 11.3 Å². The Morgan fingerprint density at radius 2 is 2.00 bits per heavy atom. The van der Waals surface area contributed by atoms with Crippen LogP contribution >= 0.6 is 27.7 Å². The molecule has 0 aliphatic carbocycles. The van der Waals surface area contributed by atoms with E-state index in [9.17, 15) is 4.79 Å². The number of thioether (sulfide) groups is 1. The fourth-order valence-corrected chi connectivity index (χ4v) is 3.53. The van der Waals surface area contributed by atoms with Gasteiger partial charge in [0.15, 0.2) is 11.0 Å². The number of pyridine rings is 1. The number of carbonyl (C=O) groups is 1. The minimum atomic E-state index is -0.0904. The van der Waals surface area contributed by atoms with Crippen molar-refractivity contribution in [3.63, 3.8) is 0 Å². The molecule has 0 atom stereocenters. The summed E-state index contributed by atoms with van der Waals surface area (Å²) in [6.45, 7) is 2.86. The predicted molar refractivity (Wildman–Crippen MR) is 107 cm³/mol. The molecule has 2 heterocycles. The van der Waals surface area contributed by atoms with Gasteiger partial charge in [-0.1, -0.05) is 36.9 Å². The van der Waals surface area contributed by atoms with Gasteiger partial charge >= 0.3 is 0 Å². The summed E-state index contributed by atoms with van der Waals surface area (Å²) >= 11 is 4.80. The molecule has 0 saturated heterocycles. The molecule has 134 valence electrons. The lowest BCUT2D eigenvalue weighted by Crippen LogP contribution is -2.15. The molecule has 8 heteroatoms. The molecular weight excluding hydrogens is 414 g/mol. The van der Waals surface area contributed by atoms with Crippen LogP contribution in [0.15, 0.2) is 58.3 Å². The average Bonchev–Trinajstić information content (AvgIpc) is 3.06. The van der Waals surface area contributed by atoms with E-state index in [2.05, 4.69) is 43.4 Å². The molecular formula is C18H18BrN5OS. The molecule has 0 radical (unpaired) electrons. The van der Waals surface area contributed by atoms with Gasteiger partial charge in [-0.15, -0.1) is 10.2 Å². The maximum atomic E-state index is 12.3. The van der Waals surface area contributed by atoms with Gasteiger partial charge in [-0.05, 0) is 46.6 Å². The first-order valence-corrected chi connectivity index (χ1v) is 9.98. The first kappa shape index (κ1) is 18.6. The quantitative estimate of drug-likeness (QED) is 0.566. The van der Waals surface area contributed by atoms with Crippen molar-refractivity contribution in [1.29, 1.82) is 0 Å². The number of rotatable bonds is 7. The maximum Gasteiger partial charge on any atom is 0.234 e. The summed E-state index contributed by atoms with van der Waals surface area (Å²) in [6, 6.07) is 13.2. The molecule has 0 aliphatic rings. The van der Waals surface area contributed by atoms with Crippen LogP contribution in [0, 0.1) is 0 Å². The molecule has 2 aromatic heterocycles. The Labute approximate surface area is 164 Å². The van der Waals surface area contributed by atoms with Crippen molar-refractivity contribution >= 4 is 39.3 Å². The summed E-state index contributed by atoms with van der Waals surface area (Å²) in [5, 5.41) is 12.1. The van der Waals surface area contributed by atoms with E-state index in [1.165, 1.54) is 11.8 Å². The van der Waals surface area contributed by atoms with Gasteiger partial charge in [0.1, 0.15) is 5.69 Å². The third-order valence-corrected chi connectivity index (χ3v) is 5.20. The van der Waals surface area contributed by atoms with Crippen LogP contribution in [-0.4, -0.2) is 31.4 Å². The highest BCUT2D eigenvalue weighted by Gasteiger charge is 2.16. The number of hydrogen-bond acceptors (Lipinski definition) is 5. The van der Waals surface area contributed by atoms with E-state index in [0.717, 1.165) is 39.8 Å². The van der Waals surface area contributed by atoms with Gasteiger partial charge in [0.2, 0.25) is 5.91 Å². The van der Waals surface area contributed by atoms with Gasteiger partial charge in [-0.25, -0.2) is 0 Å². The second-order valence-electron chi connectivity index (χ2n) is 5.49. The van der Waals surface area contributed by atoms with Crippen LogP contribution < -0.4 is 5.32 Å². The van der Waals surface area contributed by atoms with E-state index in [1.807, 2.05) is 47.0 Å². The third-order valence-electron chi connectivity index (χ3n) is 3.54. The summed E-state index contributed by atoms with van der Waals surface area (Å²) in [5.41, 5.74) is 1.53. The van der Waals surface area contributed by atoms with E-state index in [4.69, 9.17) is 0 Å². The van der Waals surface area contributed by atoms with Gasteiger partial charge in [0, 0.05) is 17.2 Å². The first-order valence-electron chi connectivity index (χ1n) is 8.21. The molecule has 3 rings (SSSR count). The number of benzene rings is 1. The van der Waals surface area contributed by atoms with Crippen LogP contribution in [0.25, 0.3) is 11.5 Å². The van der Waals surface area contributed by atoms with Gasteiger partial charge in [0.25, 0.3) is 0 Å². The highest BCUT2D eigenvalue weighted by atomic mass is 79.9. The molecule has 0 bridgehead atoms. The highest BCUT2D eigenvalue weighted by molar-refractivity contribution is 9.10. The van der Waals surface area contributed by atoms with Crippen LogP contribution in [0.2, 0.25) is 0 Å². The number of anilines is 1. The maximum absolute atomic E-state index is 12.3. The van der Waals surface area contributed by atoms with Crippen molar-refractivity contribution in [3.8, 4) is 11.5 Å². The molecule has 26 heavy (non-hydrogen) atoms. The van der Waals surface area contributed by atoms with E-state index >= 15 is 0 Å². The molecule has 1 aromatic carbocycles. The van der Waals surface area contributed by atoms with Gasteiger partial charge in [-0.3, -0.25) is 9.78 Å². The molecule has 3 aromatic rings. The smallest absolute Gasteiger partial charge is 0.234 e. The topological polar surface area (TPSA) is 72.7 Å². The number of hydrogen-bond donors (Lipinski definition) is 1. The van der Waals surface area contributed by atoms with Crippen LogP contribution in [0.3, 0.4) is 0 Å². The zero-order valence-electron chi connectivity index (χ0n) is 14.2. The van der Waals surface area contributed by atoms with Crippen molar-refractivity contribution in [3.05, 3.63) is 53.1 Å². The Kier molecular flexibility index (Phi) is 6.40. The molecule has 0 aliphatic heterocycles. The Hall–Kier alpha value is -2.19. The Bertz CT molecular complexity index is 884. The summed E-state index contributed by atoms with van der Waals surface area (Å²) in [6.07, 6.45) is 2.67. The number of para-hydroxylation sites is 1. The number of nitrogens with zero attached hydrogens (tertiary/aromatic N) is 4. The van der Waals surface area contributed by atoms with E-state index in [0.29, 0.717) is 0 Å². The monoisotopic (exact) mass is 431 g/mol. The van der Waals surface area contributed by atoms with E-state index in [-0.39, 0.29) is 11.7 Å². The van der Waals surface area contributed by atoms with Crippen molar-refractivity contribution in [2.75, 3.05) is 11.1 Å². The SMILES string of the molecule is CCCn1c(SCC(=O)Nc2ccccc2Br)nnc1-c1ccccn1. The van der Waals surface area contributed by atoms with Crippen LogP contribution in [0.4, 0.5) is 5.69 Å². The zero-order chi connectivity index (χ0) is 18.4. The lowest BCUT2D eigenvalue weighted by molar-refractivity contribution is -0.113. The first-order chi connectivity index (χ1) is 12.7. The Balaban J connectivity index is 1.71. The molecule has 0 saturated carbocycles. The molecule has 1 N–H and O–H groups in total. The van der Waals surface area contributed by atoms with Crippen molar-refractivity contribution in [2.45, 2.75) is 25.0 Å². The largest absolute Gasteiger partial charge is 0.324 e. The molecule has 0 fully saturated rings.